The van der Waals surface area contributed by atoms with Crippen LogP contribution in [0.4, 0.5) is 0 Å². The lowest BCUT2D eigenvalue weighted by Crippen LogP contribution is -2.50. The third kappa shape index (κ3) is 5.52. The summed E-state index contributed by atoms with van der Waals surface area (Å²) >= 11 is 0. The van der Waals surface area contributed by atoms with E-state index in [-0.39, 0.29) is 18.0 Å². The minimum Gasteiger partial charge on any atom is -0.352 e. The molecule has 0 spiro atoms. The third-order valence-corrected chi connectivity index (χ3v) is 3.96. The van der Waals surface area contributed by atoms with Gasteiger partial charge in [-0.2, -0.15) is 0 Å². The van der Waals surface area contributed by atoms with Crippen molar-refractivity contribution in [1.82, 2.24) is 5.32 Å². The average molecular weight is 268 g/mol. The smallest absolute Gasteiger partial charge is 0.237 e. The van der Waals surface area contributed by atoms with E-state index >= 15 is 0 Å². The molecule has 3 N–H and O–H groups in total. The second-order valence-corrected chi connectivity index (χ2v) is 8.36. The van der Waals surface area contributed by atoms with Crippen molar-refractivity contribution in [2.75, 3.05) is 0 Å². The molecule has 0 heterocycles. The molecule has 0 saturated heterocycles. The van der Waals surface area contributed by atoms with Gasteiger partial charge in [0.05, 0.1) is 6.04 Å². The lowest BCUT2D eigenvalue weighted by atomic mass is 9.63. The quantitative estimate of drug-likeness (QED) is 0.823. The summed E-state index contributed by atoms with van der Waals surface area (Å²) in [4.78, 5) is 12.1. The second-order valence-electron chi connectivity index (χ2n) is 8.36. The minimum absolute atomic E-state index is 0.0206. The Morgan fingerprint density at radius 2 is 1.68 bits per heavy atom. The number of nitrogens with two attached hydrogens (primary N) is 1. The predicted octanol–water partition coefficient (Wildman–Crippen LogP) is 3.08. The first-order valence-electron chi connectivity index (χ1n) is 7.57. The number of carbonyl (C=O) groups excluding carboxylic acids is 1. The number of nitrogens with one attached hydrogen (secondary N) is 1. The van der Waals surface area contributed by atoms with Crippen LogP contribution in [0, 0.1) is 16.7 Å². The summed E-state index contributed by atoms with van der Waals surface area (Å²) in [6.45, 7) is 13.4. The first kappa shape index (κ1) is 16.5. The fraction of sp³-hybridized carbons (Fsp3) is 0.938. The van der Waals surface area contributed by atoms with E-state index in [0.717, 1.165) is 19.3 Å². The van der Waals surface area contributed by atoms with Gasteiger partial charge in [0.25, 0.3) is 0 Å². The Hall–Kier alpha value is -0.570. The van der Waals surface area contributed by atoms with Crippen LogP contribution >= 0.6 is 0 Å². The molecule has 0 aliphatic heterocycles. The maximum Gasteiger partial charge on any atom is 0.237 e. The number of hydrogen-bond donors (Lipinski definition) is 2. The van der Waals surface area contributed by atoms with Crippen LogP contribution in [0.15, 0.2) is 0 Å². The Kier molecular flexibility index (Phi) is 5.05. The molecule has 1 fully saturated rings. The molecule has 0 aromatic heterocycles. The molecule has 3 nitrogen and oxygen atoms in total. The van der Waals surface area contributed by atoms with Crippen LogP contribution in [-0.4, -0.2) is 18.0 Å². The van der Waals surface area contributed by atoms with Crippen molar-refractivity contribution in [2.24, 2.45) is 22.5 Å². The van der Waals surface area contributed by atoms with Gasteiger partial charge in [0.1, 0.15) is 0 Å². The molecular weight excluding hydrogens is 236 g/mol. The van der Waals surface area contributed by atoms with Crippen molar-refractivity contribution < 1.29 is 4.79 Å². The molecule has 19 heavy (non-hydrogen) atoms. The Bertz CT molecular complexity index is 305. The van der Waals surface area contributed by atoms with Gasteiger partial charge in [-0.15, -0.1) is 0 Å². The third-order valence-electron chi connectivity index (χ3n) is 3.96. The van der Waals surface area contributed by atoms with Crippen LogP contribution in [-0.2, 0) is 4.79 Å². The van der Waals surface area contributed by atoms with Gasteiger partial charge < -0.3 is 11.1 Å². The van der Waals surface area contributed by atoms with Crippen LogP contribution in [0.25, 0.3) is 0 Å². The fourth-order valence-electron chi connectivity index (χ4n) is 3.87. The van der Waals surface area contributed by atoms with Gasteiger partial charge in [-0.1, -0.05) is 41.5 Å². The van der Waals surface area contributed by atoms with Crippen LogP contribution in [0.1, 0.15) is 67.2 Å². The Balaban J connectivity index is 2.59. The maximum absolute atomic E-state index is 12.1. The molecule has 1 saturated carbocycles. The molecule has 0 bridgehead atoms. The van der Waals surface area contributed by atoms with E-state index in [0.29, 0.717) is 16.7 Å². The van der Waals surface area contributed by atoms with Crippen molar-refractivity contribution in [3.63, 3.8) is 0 Å². The normalized spacial score (nSPS) is 24.2. The largest absolute Gasteiger partial charge is 0.352 e. The standard InChI is InChI=1S/C16H32N2O/c1-11(2)7-13(17)14(19)18-12-8-15(3,4)10-16(5,6)9-12/h11-13H,7-10,17H2,1-6H3,(H,18,19). The van der Waals surface area contributed by atoms with E-state index < -0.39 is 0 Å². The minimum atomic E-state index is -0.367. The van der Waals surface area contributed by atoms with Crippen molar-refractivity contribution in [2.45, 2.75) is 79.3 Å². The van der Waals surface area contributed by atoms with E-state index in [4.69, 9.17) is 5.73 Å². The van der Waals surface area contributed by atoms with Gasteiger partial charge in [-0.05, 0) is 42.4 Å². The highest BCUT2D eigenvalue weighted by Crippen LogP contribution is 2.45. The van der Waals surface area contributed by atoms with Crippen LogP contribution < -0.4 is 11.1 Å². The summed E-state index contributed by atoms with van der Waals surface area (Å²) in [5, 5.41) is 3.17. The first-order chi connectivity index (χ1) is 8.51. The molecule has 0 radical (unpaired) electrons. The zero-order valence-corrected chi connectivity index (χ0v) is 13.5. The molecule has 1 rings (SSSR count). The van der Waals surface area contributed by atoms with Crippen LogP contribution in [0.5, 0.6) is 0 Å². The Morgan fingerprint density at radius 3 is 2.11 bits per heavy atom. The van der Waals surface area contributed by atoms with Gasteiger partial charge in [-0.3, -0.25) is 4.79 Å². The number of carbonyl (C=O) groups is 1. The highest BCUT2D eigenvalue weighted by Gasteiger charge is 2.39. The maximum atomic E-state index is 12.1. The molecular formula is C16H32N2O. The lowest BCUT2D eigenvalue weighted by molar-refractivity contribution is -0.124. The van der Waals surface area contributed by atoms with E-state index in [2.05, 4.69) is 46.9 Å². The predicted molar refractivity (Wildman–Crippen MR) is 80.8 cm³/mol. The van der Waals surface area contributed by atoms with Crippen molar-refractivity contribution >= 4 is 5.91 Å². The highest BCUT2D eigenvalue weighted by atomic mass is 16.2. The van der Waals surface area contributed by atoms with E-state index in [1.807, 2.05) is 0 Å². The number of rotatable bonds is 4. The molecule has 3 heteroatoms. The molecule has 112 valence electrons. The first-order valence-corrected chi connectivity index (χ1v) is 7.57. The topological polar surface area (TPSA) is 55.1 Å². The molecule has 1 aliphatic carbocycles. The molecule has 1 amide bonds. The van der Waals surface area contributed by atoms with Gasteiger partial charge in [0.15, 0.2) is 0 Å². The van der Waals surface area contributed by atoms with Gasteiger partial charge in [-0.25, -0.2) is 0 Å². The Labute approximate surface area is 118 Å². The Morgan fingerprint density at radius 1 is 1.21 bits per heavy atom. The fourth-order valence-corrected chi connectivity index (χ4v) is 3.87. The van der Waals surface area contributed by atoms with Crippen molar-refractivity contribution in [1.29, 1.82) is 0 Å². The molecule has 1 aliphatic rings. The summed E-state index contributed by atoms with van der Waals surface area (Å²) in [7, 11) is 0. The summed E-state index contributed by atoms with van der Waals surface area (Å²) in [5.41, 5.74) is 6.55. The van der Waals surface area contributed by atoms with Gasteiger partial charge in [0.2, 0.25) is 5.91 Å². The van der Waals surface area contributed by atoms with E-state index in [9.17, 15) is 4.79 Å². The molecule has 0 aromatic rings. The van der Waals surface area contributed by atoms with Gasteiger partial charge >= 0.3 is 0 Å². The molecule has 0 aromatic carbocycles. The summed E-state index contributed by atoms with van der Waals surface area (Å²) in [6, 6.07) is -0.0994. The SMILES string of the molecule is CC(C)CC(N)C(=O)NC1CC(C)(C)CC(C)(C)C1. The summed E-state index contributed by atoms with van der Waals surface area (Å²) < 4.78 is 0. The monoisotopic (exact) mass is 268 g/mol. The number of amides is 1. The van der Waals surface area contributed by atoms with Crippen molar-refractivity contribution in [3.05, 3.63) is 0 Å². The van der Waals surface area contributed by atoms with E-state index in [1.54, 1.807) is 0 Å². The highest BCUT2D eigenvalue weighted by molar-refractivity contribution is 5.81. The lowest BCUT2D eigenvalue weighted by Gasteiger charge is -2.45. The van der Waals surface area contributed by atoms with Gasteiger partial charge in [0, 0.05) is 6.04 Å². The summed E-state index contributed by atoms with van der Waals surface area (Å²) in [6.07, 6.45) is 4.07. The summed E-state index contributed by atoms with van der Waals surface area (Å²) in [5.74, 6) is 0.479. The van der Waals surface area contributed by atoms with Crippen LogP contribution in [0.2, 0.25) is 0 Å². The number of hydrogen-bond acceptors (Lipinski definition) is 2. The zero-order valence-electron chi connectivity index (χ0n) is 13.5. The van der Waals surface area contributed by atoms with Crippen LogP contribution in [0.3, 0.4) is 0 Å². The molecule has 1 atom stereocenters. The zero-order chi connectivity index (χ0) is 14.8. The van der Waals surface area contributed by atoms with Crippen molar-refractivity contribution in [3.8, 4) is 0 Å². The second kappa shape index (κ2) is 5.82. The van der Waals surface area contributed by atoms with E-state index in [1.165, 1.54) is 6.42 Å². The average Bonchev–Trinajstić information content (AvgIpc) is 2.10. The molecule has 1 unspecified atom stereocenters.